The van der Waals surface area contributed by atoms with E-state index in [2.05, 4.69) is 5.32 Å². The van der Waals surface area contributed by atoms with Crippen LogP contribution in [-0.4, -0.2) is 44.3 Å². The first-order chi connectivity index (χ1) is 21.5. The minimum atomic E-state index is -4.21. The van der Waals surface area contributed by atoms with Gasteiger partial charge < -0.3 is 10.2 Å². The zero-order valence-corrected chi connectivity index (χ0v) is 27.7. The Morgan fingerprint density at radius 2 is 1.49 bits per heavy atom. The van der Waals surface area contributed by atoms with Gasteiger partial charge in [-0.2, -0.15) is 0 Å². The summed E-state index contributed by atoms with van der Waals surface area (Å²) >= 11 is 6.46. The second-order valence-corrected chi connectivity index (χ2v) is 13.5. The van der Waals surface area contributed by atoms with E-state index in [1.807, 2.05) is 75.4 Å². The number of halogens is 1. The molecule has 0 saturated heterocycles. The summed E-state index contributed by atoms with van der Waals surface area (Å²) in [7, 11) is -4.21. The van der Waals surface area contributed by atoms with Crippen LogP contribution in [0.3, 0.4) is 0 Å². The Balaban J connectivity index is 1.83. The van der Waals surface area contributed by atoms with E-state index in [1.165, 1.54) is 17.0 Å². The Kier molecular flexibility index (Phi) is 11.4. The Hall–Kier alpha value is -4.14. The molecule has 4 aromatic rings. The first-order valence-corrected chi connectivity index (χ1v) is 16.8. The van der Waals surface area contributed by atoms with E-state index in [1.54, 1.807) is 37.3 Å². The van der Waals surface area contributed by atoms with Crippen molar-refractivity contribution in [2.75, 3.05) is 17.4 Å². The van der Waals surface area contributed by atoms with E-state index in [0.717, 1.165) is 33.0 Å². The van der Waals surface area contributed by atoms with Gasteiger partial charge in [-0.25, -0.2) is 8.42 Å². The van der Waals surface area contributed by atoms with Crippen LogP contribution >= 0.6 is 11.6 Å². The quantitative estimate of drug-likeness (QED) is 0.177. The lowest BCUT2D eigenvalue weighted by Crippen LogP contribution is -2.53. The molecule has 0 aliphatic heterocycles. The summed E-state index contributed by atoms with van der Waals surface area (Å²) in [6, 6.07) is 27.8. The number of benzene rings is 4. The lowest BCUT2D eigenvalue weighted by Gasteiger charge is -2.34. The van der Waals surface area contributed by atoms with Crippen molar-refractivity contribution in [3.63, 3.8) is 0 Å². The van der Waals surface area contributed by atoms with Crippen molar-refractivity contribution < 1.29 is 18.0 Å². The number of rotatable bonds is 13. The maximum Gasteiger partial charge on any atom is 0.264 e. The lowest BCUT2D eigenvalue weighted by molar-refractivity contribution is -0.140. The van der Waals surface area contributed by atoms with Crippen LogP contribution < -0.4 is 9.62 Å². The van der Waals surface area contributed by atoms with Crippen LogP contribution in [-0.2, 0) is 32.6 Å². The standard InChI is InChI=1S/C36H40ClN3O4S/c1-5-21-38-36(42)34(23-29-12-7-6-8-13-29)39(24-30-14-9-11-27(3)22-30)35(41)25-40(33-16-10-15-32(37)28(33)4)45(43,44)31-19-17-26(2)18-20-31/h6-20,22,34H,5,21,23-25H2,1-4H3,(H,38,42). The van der Waals surface area contributed by atoms with Crippen molar-refractivity contribution >= 4 is 39.1 Å². The summed E-state index contributed by atoms with van der Waals surface area (Å²) in [6.45, 7) is 7.55. The van der Waals surface area contributed by atoms with Gasteiger partial charge in [0, 0.05) is 24.5 Å². The third kappa shape index (κ3) is 8.53. The summed E-state index contributed by atoms with van der Waals surface area (Å²) in [4.78, 5) is 29.9. The molecule has 1 N–H and O–H groups in total. The molecule has 0 radical (unpaired) electrons. The van der Waals surface area contributed by atoms with Gasteiger partial charge in [0.2, 0.25) is 11.8 Å². The van der Waals surface area contributed by atoms with Crippen LogP contribution in [0, 0.1) is 20.8 Å². The summed E-state index contributed by atoms with van der Waals surface area (Å²) in [6.07, 6.45) is 0.987. The van der Waals surface area contributed by atoms with Crippen LogP contribution in [0.15, 0.2) is 102 Å². The first-order valence-electron chi connectivity index (χ1n) is 15.0. The van der Waals surface area contributed by atoms with E-state index in [0.29, 0.717) is 22.8 Å². The average molecular weight is 646 g/mol. The molecule has 7 nitrogen and oxygen atoms in total. The summed E-state index contributed by atoms with van der Waals surface area (Å²) in [5.74, 6) is -0.812. The molecule has 0 aromatic heterocycles. The fourth-order valence-corrected chi connectivity index (χ4v) is 6.79. The van der Waals surface area contributed by atoms with Gasteiger partial charge in [0.1, 0.15) is 12.6 Å². The van der Waals surface area contributed by atoms with Gasteiger partial charge in [-0.1, -0.05) is 102 Å². The molecule has 0 spiro atoms. The SMILES string of the molecule is CCCNC(=O)C(Cc1ccccc1)N(Cc1cccc(C)c1)C(=O)CN(c1cccc(Cl)c1C)S(=O)(=O)c1ccc(C)cc1. The van der Waals surface area contributed by atoms with Gasteiger partial charge >= 0.3 is 0 Å². The highest BCUT2D eigenvalue weighted by molar-refractivity contribution is 7.92. The number of hydrogen-bond acceptors (Lipinski definition) is 4. The van der Waals surface area contributed by atoms with Crippen LogP contribution in [0.4, 0.5) is 5.69 Å². The highest BCUT2D eigenvalue weighted by atomic mass is 35.5. The molecule has 0 bridgehead atoms. The van der Waals surface area contributed by atoms with Gasteiger partial charge in [-0.15, -0.1) is 0 Å². The molecule has 1 atom stereocenters. The third-order valence-electron chi connectivity index (χ3n) is 7.65. The molecule has 236 valence electrons. The molecule has 0 aliphatic rings. The summed E-state index contributed by atoms with van der Waals surface area (Å²) in [5, 5.41) is 3.34. The van der Waals surface area contributed by atoms with Crippen molar-refractivity contribution in [1.82, 2.24) is 10.2 Å². The van der Waals surface area contributed by atoms with Crippen molar-refractivity contribution in [3.05, 3.63) is 130 Å². The predicted molar refractivity (Wildman–Crippen MR) is 181 cm³/mol. The second-order valence-electron chi connectivity index (χ2n) is 11.2. The molecule has 45 heavy (non-hydrogen) atoms. The largest absolute Gasteiger partial charge is 0.354 e. The van der Waals surface area contributed by atoms with E-state index >= 15 is 0 Å². The highest BCUT2D eigenvalue weighted by Gasteiger charge is 2.35. The topological polar surface area (TPSA) is 86.8 Å². The minimum absolute atomic E-state index is 0.0482. The molecule has 1 unspecified atom stereocenters. The Morgan fingerprint density at radius 1 is 0.822 bits per heavy atom. The maximum absolute atomic E-state index is 14.6. The molecule has 0 heterocycles. The third-order valence-corrected chi connectivity index (χ3v) is 9.83. The molecular weight excluding hydrogens is 606 g/mol. The molecule has 4 rings (SSSR count). The number of nitrogens with zero attached hydrogens (tertiary/aromatic N) is 2. The minimum Gasteiger partial charge on any atom is -0.354 e. The number of amides is 2. The molecule has 0 fully saturated rings. The number of aryl methyl sites for hydroxylation is 2. The fourth-order valence-electron chi connectivity index (χ4n) is 5.14. The predicted octanol–water partition coefficient (Wildman–Crippen LogP) is 6.63. The number of carbonyl (C=O) groups excluding carboxylic acids is 2. The van der Waals surface area contributed by atoms with Gasteiger partial charge in [0.15, 0.2) is 0 Å². The van der Waals surface area contributed by atoms with Crippen LogP contribution in [0.25, 0.3) is 0 Å². The van der Waals surface area contributed by atoms with Gasteiger partial charge in [0.25, 0.3) is 10.0 Å². The van der Waals surface area contributed by atoms with Crippen molar-refractivity contribution in [3.8, 4) is 0 Å². The smallest absolute Gasteiger partial charge is 0.264 e. The highest BCUT2D eigenvalue weighted by Crippen LogP contribution is 2.31. The maximum atomic E-state index is 14.6. The Morgan fingerprint density at radius 3 is 2.16 bits per heavy atom. The van der Waals surface area contributed by atoms with E-state index in [-0.39, 0.29) is 23.8 Å². The lowest BCUT2D eigenvalue weighted by atomic mass is 10.0. The molecule has 0 aliphatic carbocycles. The van der Waals surface area contributed by atoms with Gasteiger partial charge in [-0.3, -0.25) is 13.9 Å². The monoisotopic (exact) mass is 645 g/mol. The second kappa shape index (κ2) is 15.2. The van der Waals surface area contributed by atoms with Crippen LogP contribution in [0.1, 0.15) is 41.2 Å². The van der Waals surface area contributed by atoms with Gasteiger partial charge in [0.05, 0.1) is 10.6 Å². The first kappa shape index (κ1) is 33.7. The Labute approximate surface area is 271 Å². The number of hydrogen-bond donors (Lipinski definition) is 1. The number of sulfonamides is 1. The molecule has 2 amide bonds. The van der Waals surface area contributed by atoms with Crippen LogP contribution in [0.5, 0.6) is 0 Å². The van der Waals surface area contributed by atoms with E-state index in [9.17, 15) is 18.0 Å². The van der Waals surface area contributed by atoms with Crippen molar-refractivity contribution in [2.24, 2.45) is 0 Å². The zero-order chi connectivity index (χ0) is 32.6. The van der Waals surface area contributed by atoms with Crippen molar-refractivity contribution in [2.45, 2.75) is 58.0 Å². The molecule has 0 saturated carbocycles. The molecule has 9 heteroatoms. The van der Waals surface area contributed by atoms with E-state index in [4.69, 9.17) is 11.6 Å². The molecular formula is C36H40ClN3O4S. The molecule has 4 aromatic carbocycles. The average Bonchev–Trinajstić information content (AvgIpc) is 3.02. The number of nitrogens with one attached hydrogen (secondary N) is 1. The normalized spacial score (nSPS) is 11.9. The number of carbonyl (C=O) groups is 2. The van der Waals surface area contributed by atoms with Crippen LogP contribution in [0.2, 0.25) is 5.02 Å². The zero-order valence-electron chi connectivity index (χ0n) is 26.2. The van der Waals surface area contributed by atoms with Gasteiger partial charge in [-0.05, 0) is 68.1 Å². The van der Waals surface area contributed by atoms with Crippen molar-refractivity contribution in [1.29, 1.82) is 0 Å². The summed E-state index contributed by atoms with van der Waals surface area (Å²) in [5.41, 5.74) is 4.44. The van der Waals surface area contributed by atoms with E-state index < -0.39 is 28.5 Å². The summed E-state index contributed by atoms with van der Waals surface area (Å²) < 4.78 is 29.6. The fraction of sp³-hybridized carbons (Fsp3) is 0.278. The Bertz CT molecular complexity index is 1730. The number of anilines is 1.